The normalized spacial score (nSPS) is 21.2. The summed E-state index contributed by atoms with van der Waals surface area (Å²) >= 11 is 0. The van der Waals surface area contributed by atoms with Gasteiger partial charge in [-0.3, -0.25) is 0 Å². The van der Waals surface area contributed by atoms with E-state index in [1.807, 2.05) is 0 Å². The summed E-state index contributed by atoms with van der Waals surface area (Å²) in [5.74, 6) is 1.12. The maximum Gasteiger partial charge on any atom is 0.108 e. The third-order valence-corrected chi connectivity index (χ3v) is 3.28. The lowest BCUT2D eigenvalue weighted by Gasteiger charge is -2.23. The smallest absolute Gasteiger partial charge is 0.108 e. The van der Waals surface area contributed by atoms with E-state index in [0.717, 1.165) is 31.6 Å². The summed E-state index contributed by atoms with van der Waals surface area (Å²) in [6, 6.07) is 2.44. The number of aryl methyl sites for hydroxylation is 1. The Morgan fingerprint density at radius 2 is 2.53 bits per heavy atom. The van der Waals surface area contributed by atoms with E-state index in [9.17, 15) is 5.11 Å². The molecule has 17 heavy (non-hydrogen) atoms. The Balaban J connectivity index is 1.77. The predicted molar refractivity (Wildman–Crippen MR) is 64.9 cm³/mol. The van der Waals surface area contributed by atoms with Crippen LogP contribution in [0.1, 0.15) is 36.6 Å². The fourth-order valence-corrected chi connectivity index (χ4v) is 2.40. The molecule has 0 fully saturated rings. The topological polar surface area (TPSA) is 54.6 Å². The van der Waals surface area contributed by atoms with Crippen LogP contribution in [-0.2, 0) is 11.2 Å². The molecule has 2 unspecified atom stereocenters. The van der Waals surface area contributed by atoms with Gasteiger partial charge in [0.05, 0.1) is 19.0 Å². The van der Waals surface area contributed by atoms with Crippen molar-refractivity contribution >= 4 is 0 Å². The first-order valence-corrected chi connectivity index (χ1v) is 6.28. The van der Waals surface area contributed by atoms with Crippen LogP contribution >= 0.6 is 0 Å². The summed E-state index contributed by atoms with van der Waals surface area (Å²) in [7, 11) is 1.61. The van der Waals surface area contributed by atoms with Gasteiger partial charge in [-0.2, -0.15) is 0 Å². The molecule has 4 heteroatoms. The minimum Gasteiger partial charge on any atom is -0.469 e. The number of ether oxygens (including phenoxy) is 1. The highest BCUT2D eigenvalue weighted by atomic mass is 16.5. The second kappa shape index (κ2) is 6.19. The van der Waals surface area contributed by atoms with E-state index >= 15 is 0 Å². The molecule has 2 rings (SSSR count). The van der Waals surface area contributed by atoms with Crippen LogP contribution in [0.5, 0.6) is 0 Å². The van der Waals surface area contributed by atoms with Gasteiger partial charge in [0.15, 0.2) is 0 Å². The monoisotopic (exact) mass is 239 g/mol. The zero-order valence-corrected chi connectivity index (χ0v) is 10.3. The summed E-state index contributed by atoms with van der Waals surface area (Å²) in [5.41, 5.74) is 1.29. The van der Waals surface area contributed by atoms with Crippen molar-refractivity contribution < 1.29 is 14.3 Å². The Labute approximate surface area is 102 Å². The number of fused-ring (bicyclic) bond motifs is 1. The Morgan fingerprint density at radius 3 is 3.35 bits per heavy atom. The molecule has 1 heterocycles. The molecule has 2 atom stereocenters. The molecular weight excluding hydrogens is 218 g/mol. The lowest BCUT2D eigenvalue weighted by molar-refractivity contribution is 0.0588. The number of aliphatic hydroxyl groups is 1. The zero-order valence-electron chi connectivity index (χ0n) is 10.3. The summed E-state index contributed by atoms with van der Waals surface area (Å²) in [5, 5.41) is 13.0. The SMILES string of the molecule is COCC(O)CCNC1CCCc2occc21. The molecule has 0 aliphatic heterocycles. The Bertz CT molecular complexity index is 337. The van der Waals surface area contributed by atoms with Crippen molar-refractivity contribution in [3.63, 3.8) is 0 Å². The molecule has 4 nitrogen and oxygen atoms in total. The van der Waals surface area contributed by atoms with Crippen LogP contribution in [0.4, 0.5) is 0 Å². The van der Waals surface area contributed by atoms with Gasteiger partial charge in [0.25, 0.3) is 0 Å². The zero-order chi connectivity index (χ0) is 12.1. The first-order chi connectivity index (χ1) is 8.31. The van der Waals surface area contributed by atoms with Gasteiger partial charge in [-0.1, -0.05) is 0 Å². The van der Waals surface area contributed by atoms with Gasteiger partial charge < -0.3 is 19.6 Å². The van der Waals surface area contributed by atoms with E-state index in [4.69, 9.17) is 9.15 Å². The molecule has 0 saturated heterocycles. The van der Waals surface area contributed by atoms with E-state index in [1.54, 1.807) is 13.4 Å². The summed E-state index contributed by atoms with van der Waals surface area (Å²) in [6.07, 6.45) is 5.47. The molecule has 0 amide bonds. The first-order valence-electron chi connectivity index (χ1n) is 6.28. The largest absolute Gasteiger partial charge is 0.469 e. The molecule has 96 valence electrons. The lowest BCUT2D eigenvalue weighted by atomic mass is 9.93. The molecule has 0 bridgehead atoms. The van der Waals surface area contributed by atoms with E-state index in [-0.39, 0.29) is 6.10 Å². The van der Waals surface area contributed by atoms with Crippen LogP contribution < -0.4 is 5.32 Å². The molecule has 1 aromatic heterocycles. The number of furan rings is 1. The van der Waals surface area contributed by atoms with Gasteiger partial charge in [0, 0.05) is 25.1 Å². The van der Waals surface area contributed by atoms with Crippen LogP contribution in [0.2, 0.25) is 0 Å². The Morgan fingerprint density at radius 1 is 1.65 bits per heavy atom. The average Bonchev–Trinajstić information content (AvgIpc) is 2.78. The van der Waals surface area contributed by atoms with Gasteiger partial charge >= 0.3 is 0 Å². The molecule has 0 aromatic carbocycles. The fraction of sp³-hybridized carbons (Fsp3) is 0.692. The maximum absolute atomic E-state index is 9.55. The van der Waals surface area contributed by atoms with Crippen molar-refractivity contribution in [3.05, 3.63) is 23.7 Å². The number of nitrogens with one attached hydrogen (secondary N) is 1. The van der Waals surface area contributed by atoms with Crippen molar-refractivity contribution in [2.75, 3.05) is 20.3 Å². The minimum atomic E-state index is -0.375. The molecular formula is C13H21NO3. The minimum absolute atomic E-state index is 0.375. The van der Waals surface area contributed by atoms with Crippen molar-refractivity contribution in [1.82, 2.24) is 5.32 Å². The van der Waals surface area contributed by atoms with Crippen molar-refractivity contribution in [2.45, 2.75) is 37.8 Å². The van der Waals surface area contributed by atoms with Crippen LogP contribution in [0, 0.1) is 0 Å². The van der Waals surface area contributed by atoms with E-state index in [0.29, 0.717) is 12.6 Å². The van der Waals surface area contributed by atoms with Gasteiger partial charge in [0.1, 0.15) is 5.76 Å². The van der Waals surface area contributed by atoms with E-state index in [2.05, 4.69) is 11.4 Å². The summed E-state index contributed by atoms with van der Waals surface area (Å²) in [4.78, 5) is 0. The fourth-order valence-electron chi connectivity index (χ4n) is 2.40. The maximum atomic E-state index is 9.55. The molecule has 0 saturated carbocycles. The van der Waals surface area contributed by atoms with Crippen LogP contribution in [0.25, 0.3) is 0 Å². The van der Waals surface area contributed by atoms with Gasteiger partial charge in [-0.15, -0.1) is 0 Å². The second-order valence-corrected chi connectivity index (χ2v) is 4.60. The summed E-state index contributed by atoms with van der Waals surface area (Å²) in [6.45, 7) is 1.21. The predicted octanol–water partition coefficient (Wildman–Crippen LogP) is 1.64. The third kappa shape index (κ3) is 3.31. The highest BCUT2D eigenvalue weighted by Gasteiger charge is 2.21. The second-order valence-electron chi connectivity index (χ2n) is 4.60. The number of rotatable bonds is 6. The van der Waals surface area contributed by atoms with E-state index < -0.39 is 0 Å². The molecule has 0 spiro atoms. The molecule has 1 aliphatic carbocycles. The number of methoxy groups -OCH3 is 1. The van der Waals surface area contributed by atoms with Crippen molar-refractivity contribution in [3.8, 4) is 0 Å². The molecule has 1 aliphatic rings. The number of hydrogen-bond donors (Lipinski definition) is 2. The highest BCUT2D eigenvalue weighted by Crippen LogP contribution is 2.30. The van der Waals surface area contributed by atoms with Gasteiger partial charge in [-0.05, 0) is 31.9 Å². The molecule has 2 N–H and O–H groups in total. The third-order valence-electron chi connectivity index (χ3n) is 3.28. The summed E-state index contributed by atoms with van der Waals surface area (Å²) < 4.78 is 10.3. The van der Waals surface area contributed by atoms with Crippen molar-refractivity contribution in [1.29, 1.82) is 0 Å². The lowest BCUT2D eigenvalue weighted by Crippen LogP contribution is -2.28. The number of hydrogen-bond acceptors (Lipinski definition) is 4. The van der Waals surface area contributed by atoms with Crippen LogP contribution in [0.15, 0.2) is 16.7 Å². The average molecular weight is 239 g/mol. The van der Waals surface area contributed by atoms with Crippen molar-refractivity contribution in [2.24, 2.45) is 0 Å². The first kappa shape index (κ1) is 12.6. The van der Waals surface area contributed by atoms with Gasteiger partial charge in [-0.25, -0.2) is 0 Å². The number of aliphatic hydroxyl groups excluding tert-OH is 1. The quantitative estimate of drug-likeness (QED) is 0.792. The van der Waals surface area contributed by atoms with Gasteiger partial charge in [0.2, 0.25) is 0 Å². The Hall–Kier alpha value is -0.840. The highest BCUT2D eigenvalue weighted by molar-refractivity contribution is 5.23. The van der Waals surface area contributed by atoms with Crippen LogP contribution in [0.3, 0.4) is 0 Å². The molecule has 1 aromatic rings. The van der Waals surface area contributed by atoms with E-state index in [1.165, 1.54) is 12.0 Å². The molecule has 0 radical (unpaired) electrons. The standard InChI is InChI=1S/C13H21NO3/c1-16-9-10(15)5-7-14-12-3-2-4-13-11(12)6-8-17-13/h6,8,10,12,14-15H,2-5,7,9H2,1H3. The van der Waals surface area contributed by atoms with Crippen LogP contribution in [-0.4, -0.2) is 31.5 Å². The Kier molecular flexibility index (Phi) is 4.59.